The summed E-state index contributed by atoms with van der Waals surface area (Å²) in [6.45, 7) is 9.13. The van der Waals surface area contributed by atoms with E-state index in [2.05, 4.69) is 36.9 Å². The zero-order chi connectivity index (χ0) is 26.1. The van der Waals surface area contributed by atoms with E-state index in [1.165, 1.54) is 5.56 Å². The lowest BCUT2D eigenvalue weighted by Gasteiger charge is -2.28. The first-order chi connectivity index (χ1) is 18.6. The summed E-state index contributed by atoms with van der Waals surface area (Å²) in [5, 5.41) is 3.66. The minimum absolute atomic E-state index is 0. The number of para-hydroxylation sites is 1. The molecule has 1 aliphatic heterocycles. The van der Waals surface area contributed by atoms with E-state index >= 15 is 0 Å². The number of carbonyl (C=O) groups excluding carboxylic acids is 1. The van der Waals surface area contributed by atoms with Gasteiger partial charge in [0.2, 0.25) is 0 Å². The number of carbonyl (C=O) groups is 1. The fourth-order valence-corrected chi connectivity index (χ4v) is 6.80. The van der Waals surface area contributed by atoms with Crippen molar-refractivity contribution < 1.29 is 9.53 Å². The third-order valence-corrected chi connectivity index (χ3v) is 9.19. The number of rotatable bonds is 7. The third-order valence-electron chi connectivity index (χ3n) is 7.09. The van der Waals surface area contributed by atoms with Crippen LogP contribution in [0.25, 0.3) is 31.7 Å². The van der Waals surface area contributed by atoms with Gasteiger partial charge in [-0.3, -0.25) is 14.6 Å². The predicted molar refractivity (Wildman–Crippen MR) is 165 cm³/mol. The molecule has 9 heteroatoms. The van der Waals surface area contributed by atoms with Gasteiger partial charge in [-0.2, -0.15) is 0 Å². The lowest BCUT2D eigenvalue weighted by atomic mass is 10.1. The number of anilines is 1. The molecule has 0 saturated carbocycles. The van der Waals surface area contributed by atoms with Crippen LogP contribution in [-0.4, -0.2) is 60.2 Å². The van der Waals surface area contributed by atoms with Crippen LogP contribution in [-0.2, 0) is 4.74 Å². The lowest BCUT2D eigenvalue weighted by molar-refractivity contribution is 0.0376. The number of thiophene rings is 1. The van der Waals surface area contributed by atoms with Crippen molar-refractivity contribution in [2.45, 2.75) is 20.3 Å². The summed E-state index contributed by atoms with van der Waals surface area (Å²) in [5.41, 5.74) is 5.61. The molecule has 1 fully saturated rings. The van der Waals surface area contributed by atoms with Crippen LogP contribution in [0, 0.1) is 13.8 Å². The molecule has 202 valence electrons. The van der Waals surface area contributed by atoms with Gasteiger partial charge in [-0.05, 0) is 55.0 Å². The molecule has 39 heavy (non-hydrogen) atoms. The van der Waals surface area contributed by atoms with Gasteiger partial charge in [-0.1, -0.05) is 47.7 Å². The summed E-state index contributed by atoms with van der Waals surface area (Å²) < 4.78 is 6.66. The Kier molecular flexibility index (Phi) is 8.59. The maximum atomic E-state index is 14.4. The minimum Gasteiger partial charge on any atom is -0.379 e. The zero-order valence-corrected chi connectivity index (χ0v) is 24.5. The number of pyridine rings is 1. The van der Waals surface area contributed by atoms with Crippen LogP contribution in [0.3, 0.4) is 0 Å². The van der Waals surface area contributed by atoms with Gasteiger partial charge < -0.3 is 4.74 Å². The summed E-state index contributed by atoms with van der Waals surface area (Å²) in [6.07, 6.45) is 0.862. The summed E-state index contributed by atoms with van der Waals surface area (Å²) in [6, 6.07) is 18.2. The van der Waals surface area contributed by atoms with Crippen LogP contribution in [0.4, 0.5) is 5.13 Å². The average molecular weight is 579 g/mol. The Morgan fingerprint density at radius 2 is 1.82 bits per heavy atom. The molecule has 2 aromatic carbocycles. The molecule has 4 heterocycles. The molecule has 6 rings (SSSR count). The third kappa shape index (κ3) is 5.71. The van der Waals surface area contributed by atoms with Crippen molar-refractivity contribution in [2.75, 3.05) is 44.3 Å². The molecule has 0 aliphatic carbocycles. The number of morpholine rings is 1. The molecule has 3 aromatic heterocycles. The van der Waals surface area contributed by atoms with E-state index < -0.39 is 0 Å². The summed E-state index contributed by atoms with van der Waals surface area (Å²) in [7, 11) is 0. The van der Waals surface area contributed by atoms with E-state index in [4.69, 9.17) is 14.7 Å². The molecule has 0 unspecified atom stereocenters. The SMILES string of the molecule is Cc1ccc(C)c2sc(N(CCCN3CCOCC3)C(=O)c3cc(-c4cccs4)nc4ccccc34)nc12.Cl. The van der Waals surface area contributed by atoms with Gasteiger partial charge in [0.15, 0.2) is 5.13 Å². The number of ether oxygens (including phenoxy) is 1. The number of fused-ring (bicyclic) bond motifs is 2. The van der Waals surface area contributed by atoms with Gasteiger partial charge in [-0.15, -0.1) is 23.7 Å². The number of thiazole rings is 1. The van der Waals surface area contributed by atoms with Gasteiger partial charge in [-0.25, -0.2) is 9.97 Å². The Hall–Kier alpha value is -2.88. The van der Waals surface area contributed by atoms with Crippen molar-refractivity contribution in [2.24, 2.45) is 0 Å². The Labute approximate surface area is 242 Å². The van der Waals surface area contributed by atoms with Gasteiger partial charge >= 0.3 is 0 Å². The Morgan fingerprint density at radius 1 is 1.03 bits per heavy atom. The fourth-order valence-electron chi connectivity index (χ4n) is 4.97. The van der Waals surface area contributed by atoms with Gasteiger partial charge in [0.25, 0.3) is 5.91 Å². The van der Waals surface area contributed by atoms with Crippen LogP contribution in [0.15, 0.2) is 60.0 Å². The largest absolute Gasteiger partial charge is 0.379 e. The van der Waals surface area contributed by atoms with Crippen LogP contribution >= 0.6 is 35.1 Å². The summed E-state index contributed by atoms with van der Waals surface area (Å²) in [5.74, 6) is -0.0299. The first-order valence-electron chi connectivity index (χ1n) is 13.0. The molecule has 0 radical (unpaired) electrons. The molecular weight excluding hydrogens is 548 g/mol. The van der Waals surface area contributed by atoms with Crippen LogP contribution < -0.4 is 4.90 Å². The van der Waals surface area contributed by atoms with Crippen LogP contribution in [0.1, 0.15) is 27.9 Å². The van der Waals surface area contributed by atoms with Crippen LogP contribution in [0.5, 0.6) is 0 Å². The number of aryl methyl sites for hydroxylation is 2. The normalized spacial score (nSPS) is 14.0. The minimum atomic E-state index is -0.0299. The molecular formula is C30H31ClN4O2S2. The summed E-state index contributed by atoms with van der Waals surface area (Å²) in [4.78, 5) is 29.7. The van der Waals surface area contributed by atoms with Crippen molar-refractivity contribution in [1.82, 2.24) is 14.9 Å². The molecule has 0 N–H and O–H groups in total. The van der Waals surface area contributed by atoms with E-state index in [0.29, 0.717) is 12.1 Å². The van der Waals surface area contributed by atoms with Crippen molar-refractivity contribution in [3.05, 3.63) is 76.7 Å². The lowest BCUT2D eigenvalue weighted by Crippen LogP contribution is -2.39. The quantitative estimate of drug-likeness (QED) is 0.208. The maximum Gasteiger partial charge on any atom is 0.260 e. The molecule has 0 atom stereocenters. The van der Waals surface area contributed by atoms with E-state index in [1.807, 2.05) is 46.7 Å². The van der Waals surface area contributed by atoms with Gasteiger partial charge in [0.1, 0.15) is 0 Å². The van der Waals surface area contributed by atoms with Crippen molar-refractivity contribution in [3.63, 3.8) is 0 Å². The fraction of sp³-hybridized carbons (Fsp3) is 0.300. The number of aromatic nitrogens is 2. The number of hydrogen-bond acceptors (Lipinski definition) is 7. The highest BCUT2D eigenvalue weighted by atomic mass is 35.5. The van der Waals surface area contributed by atoms with E-state index in [0.717, 1.165) is 81.7 Å². The maximum absolute atomic E-state index is 14.4. The van der Waals surface area contributed by atoms with Crippen molar-refractivity contribution in [1.29, 1.82) is 0 Å². The molecule has 5 aromatic rings. The second-order valence-corrected chi connectivity index (χ2v) is 11.6. The van der Waals surface area contributed by atoms with E-state index in [9.17, 15) is 4.79 Å². The first kappa shape index (κ1) is 27.7. The molecule has 6 nitrogen and oxygen atoms in total. The molecule has 0 spiro atoms. The standard InChI is InChI=1S/C30H30N4O2S2.ClH/c1-20-10-11-21(2)28-27(20)32-30(38-28)34(13-6-12-33-14-16-36-17-15-33)29(35)23-19-25(26-9-5-18-37-26)31-24-8-4-3-7-22(23)24;/h3-5,7-11,18-19H,6,12-17H2,1-2H3;1H. The monoisotopic (exact) mass is 578 g/mol. The van der Waals surface area contributed by atoms with Crippen molar-refractivity contribution >= 4 is 67.2 Å². The first-order valence-corrected chi connectivity index (χ1v) is 14.7. The number of hydrogen-bond donors (Lipinski definition) is 0. The highest BCUT2D eigenvalue weighted by Gasteiger charge is 2.25. The second-order valence-electron chi connectivity index (χ2n) is 9.69. The molecule has 1 aliphatic rings. The second kappa shape index (κ2) is 12.1. The summed E-state index contributed by atoms with van der Waals surface area (Å²) >= 11 is 3.24. The van der Waals surface area contributed by atoms with Crippen molar-refractivity contribution in [3.8, 4) is 10.6 Å². The van der Waals surface area contributed by atoms with Crippen LogP contribution in [0.2, 0.25) is 0 Å². The topological polar surface area (TPSA) is 58.6 Å². The van der Waals surface area contributed by atoms with E-state index in [-0.39, 0.29) is 18.3 Å². The van der Waals surface area contributed by atoms with Gasteiger partial charge in [0.05, 0.1) is 45.1 Å². The number of nitrogens with zero attached hydrogens (tertiary/aromatic N) is 4. The molecule has 1 amide bonds. The number of amides is 1. The Balaban J connectivity index is 0.00000308. The van der Waals surface area contributed by atoms with E-state index in [1.54, 1.807) is 22.7 Å². The molecule has 0 bridgehead atoms. The number of halogens is 1. The highest BCUT2D eigenvalue weighted by molar-refractivity contribution is 7.22. The Morgan fingerprint density at radius 3 is 2.59 bits per heavy atom. The smallest absolute Gasteiger partial charge is 0.260 e. The van der Waals surface area contributed by atoms with Gasteiger partial charge in [0, 0.05) is 31.6 Å². The predicted octanol–water partition coefficient (Wildman–Crippen LogP) is 6.98. The molecule has 1 saturated heterocycles. The highest BCUT2D eigenvalue weighted by Crippen LogP contribution is 2.35. The average Bonchev–Trinajstić information content (AvgIpc) is 3.65. The number of benzene rings is 2. The zero-order valence-electron chi connectivity index (χ0n) is 22.1. The Bertz CT molecular complexity index is 1560.